The lowest BCUT2D eigenvalue weighted by Crippen LogP contribution is -2.18. The summed E-state index contributed by atoms with van der Waals surface area (Å²) in [5.74, 6) is -0.978. The maximum atomic E-state index is 13.6. The average Bonchev–Trinajstić information content (AvgIpc) is 2.60. The van der Waals surface area contributed by atoms with E-state index in [1.165, 1.54) is 4.68 Å². The third kappa shape index (κ3) is 2.96. The van der Waals surface area contributed by atoms with Gasteiger partial charge in [-0.05, 0) is 32.4 Å². The molecule has 1 heterocycles. The highest BCUT2D eigenvalue weighted by Gasteiger charge is 2.18. The second-order valence-electron chi connectivity index (χ2n) is 4.85. The summed E-state index contributed by atoms with van der Waals surface area (Å²) in [5.41, 5.74) is 7.35. The van der Waals surface area contributed by atoms with E-state index in [2.05, 4.69) is 5.10 Å². The smallest absolute Gasteiger partial charge is 0.221 e. The fraction of sp³-hybridized carbons (Fsp3) is 0.357. The Morgan fingerprint density at radius 1 is 1.40 bits per heavy atom. The highest BCUT2D eigenvalue weighted by molar-refractivity contribution is 5.37. The van der Waals surface area contributed by atoms with Gasteiger partial charge in [-0.25, -0.2) is 13.5 Å². The first-order valence-electron chi connectivity index (χ1n) is 6.29. The number of aryl methyl sites for hydroxylation is 2. The number of rotatable bonds is 4. The summed E-state index contributed by atoms with van der Waals surface area (Å²) in [5, 5.41) is 4.23. The van der Waals surface area contributed by atoms with E-state index in [0.717, 1.165) is 29.5 Å². The van der Waals surface area contributed by atoms with Crippen LogP contribution in [0.4, 0.5) is 8.78 Å². The van der Waals surface area contributed by atoms with Gasteiger partial charge in [-0.3, -0.25) is 0 Å². The van der Waals surface area contributed by atoms with Gasteiger partial charge in [-0.15, -0.1) is 0 Å². The summed E-state index contributed by atoms with van der Waals surface area (Å²) < 4.78 is 33.8. The summed E-state index contributed by atoms with van der Waals surface area (Å²) >= 11 is 0. The first-order valence-corrected chi connectivity index (χ1v) is 6.29. The van der Waals surface area contributed by atoms with E-state index in [9.17, 15) is 8.78 Å². The number of aromatic nitrogens is 2. The zero-order chi connectivity index (χ0) is 14.9. The molecule has 1 atom stereocenters. The lowest BCUT2D eigenvalue weighted by molar-refractivity contribution is 0.395. The Kier molecular flexibility index (Phi) is 4.04. The van der Waals surface area contributed by atoms with Gasteiger partial charge in [0.2, 0.25) is 5.88 Å². The van der Waals surface area contributed by atoms with Crippen LogP contribution in [0.3, 0.4) is 0 Å². The van der Waals surface area contributed by atoms with Crippen molar-refractivity contribution in [3.63, 3.8) is 0 Å². The lowest BCUT2D eigenvalue weighted by atomic mass is 10.1. The molecule has 0 fully saturated rings. The number of nitrogens with zero attached hydrogens (tertiary/aromatic N) is 2. The van der Waals surface area contributed by atoms with Crippen LogP contribution in [-0.2, 0) is 13.5 Å². The minimum Gasteiger partial charge on any atom is -0.436 e. The van der Waals surface area contributed by atoms with Gasteiger partial charge < -0.3 is 10.5 Å². The zero-order valence-electron chi connectivity index (χ0n) is 11.7. The van der Waals surface area contributed by atoms with Crippen molar-refractivity contribution in [1.82, 2.24) is 9.78 Å². The van der Waals surface area contributed by atoms with Crippen molar-refractivity contribution in [2.45, 2.75) is 26.3 Å². The molecule has 0 amide bonds. The van der Waals surface area contributed by atoms with Crippen molar-refractivity contribution >= 4 is 0 Å². The number of benzene rings is 1. The summed E-state index contributed by atoms with van der Waals surface area (Å²) in [6, 6.07) is 2.99. The molecule has 2 rings (SSSR count). The van der Waals surface area contributed by atoms with Gasteiger partial charge in [0.05, 0.1) is 5.69 Å². The predicted molar refractivity (Wildman–Crippen MR) is 71.7 cm³/mol. The molecule has 1 aromatic heterocycles. The molecule has 1 aromatic carbocycles. The minimum atomic E-state index is -0.628. The van der Waals surface area contributed by atoms with Crippen molar-refractivity contribution < 1.29 is 13.5 Å². The highest BCUT2D eigenvalue weighted by atomic mass is 19.1. The van der Waals surface area contributed by atoms with Crippen molar-refractivity contribution in [1.29, 1.82) is 0 Å². The van der Waals surface area contributed by atoms with E-state index in [0.29, 0.717) is 12.3 Å². The molecule has 0 aliphatic heterocycles. The Labute approximate surface area is 116 Å². The van der Waals surface area contributed by atoms with Crippen molar-refractivity contribution in [2.75, 3.05) is 0 Å². The van der Waals surface area contributed by atoms with E-state index < -0.39 is 11.6 Å². The SMILES string of the molecule is Cc1nn(C)c(Oc2cc(F)ccc2F)c1CC(C)N. The van der Waals surface area contributed by atoms with Crippen LogP contribution in [0.5, 0.6) is 11.6 Å². The third-order valence-corrected chi connectivity index (χ3v) is 2.91. The molecule has 1 unspecified atom stereocenters. The number of nitrogens with two attached hydrogens (primary N) is 1. The van der Waals surface area contributed by atoms with Crippen LogP contribution in [-0.4, -0.2) is 15.8 Å². The summed E-state index contributed by atoms with van der Waals surface area (Å²) in [7, 11) is 1.68. The van der Waals surface area contributed by atoms with Gasteiger partial charge in [0.1, 0.15) is 5.82 Å². The molecule has 0 radical (unpaired) electrons. The van der Waals surface area contributed by atoms with E-state index in [1.807, 2.05) is 13.8 Å². The van der Waals surface area contributed by atoms with Gasteiger partial charge >= 0.3 is 0 Å². The van der Waals surface area contributed by atoms with Gasteiger partial charge in [0.25, 0.3) is 0 Å². The Morgan fingerprint density at radius 3 is 2.75 bits per heavy atom. The molecule has 0 spiro atoms. The summed E-state index contributed by atoms with van der Waals surface area (Å²) in [4.78, 5) is 0. The molecule has 6 heteroatoms. The van der Waals surface area contributed by atoms with E-state index in [1.54, 1.807) is 7.05 Å². The zero-order valence-corrected chi connectivity index (χ0v) is 11.7. The number of hydrogen-bond acceptors (Lipinski definition) is 3. The van der Waals surface area contributed by atoms with Gasteiger partial charge in [0.15, 0.2) is 11.6 Å². The molecule has 0 aliphatic rings. The normalized spacial score (nSPS) is 12.5. The first-order chi connectivity index (χ1) is 9.38. The molecule has 0 saturated carbocycles. The van der Waals surface area contributed by atoms with Crippen LogP contribution in [0, 0.1) is 18.6 Å². The number of hydrogen-bond donors (Lipinski definition) is 1. The van der Waals surface area contributed by atoms with Crippen LogP contribution in [0.25, 0.3) is 0 Å². The standard InChI is InChI=1S/C14H17F2N3O/c1-8(17)6-11-9(2)18-19(3)14(11)20-13-7-10(15)4-5-12(13)16/h4-5,7-8H,6,17H2,1-3H3. The van der Waals surface area contributed by atoms with E-state index >= 15 is 0 Å². The van der Waals surface area contributed by atoms with Gasteiger partial charge in [0, 0.05) is 24.7 Å². The van der Waals surface area contributed by atoms with Crippen LogP contribution >= 0.6 is 0 Å². The molecular formula is C14H17F2N3O. The second kappa shape index (κ2) is 5.58. The fourth-order valence-electron chi connectivity index (χ4n) is 2.03. The molecule has 4 nitrogen and oxygen atoms in total. The molecule has 0 bridgehead atoms. The first kappa shape index (κ1) is 14.5. The largest absolute Gasteiger partial charge is 0.436 e. The quantitative estimate of drug-likeness (QED) is 0.937. The topological polar surface area (TPSA) is 53.1 Å². The number of halogens is 2. The van der Waals surface area contributed by atoms with Gasteiger partial charge in [-0.1, -0.05) is 0 Å². The van der Waals surface area contributed by atoms with Crippen LogP contribution in [0.1, 0.15) is 18.2 Å². The lowest BCUT2D eigenvalue weighted by Gasteiger charge is -2.11. The van der Waals surface area contributed by atoms with Crippen LogP contribution < -0.4 is 10.5 Å². The Morgan fingerprint density at radius 2 is 2.10 bits per heavy atom. The minimum absolute atomic E-state index is 0.0855. The van der Waals surface area contributed by atoms with Crippen LogP contribution in [0.15, 0.2) is 18.2 Å². The Bertz CT molecular complexity index is 623. The van der Waals surface area contributed by atoms with Crippen LogP contribution in [0.2, 0.25) is 0 Å². The van der Waals surface area contributed by atoms with Gasteiger partial charge in [-0.2, -0.15) is 5.10 Å². The molecular weight excluding hydrogens is 264 g/mol. The maximum absolute atomic E-state index is 13.6. The number of ether oxygens (including phenoxy) is 1. The van der Waals surface area contributed by atoms with E-state index in [4.69, 9.17) is 10.5 Å². The molecule has 0 aliphatic carbocycles. The summed E-state index contributed by atoms with van der Waals surface area (Å²) in [6.45, 7) is 3.69. The Hall–Kier alpha value is -1.95. The Balaban J connectivity index is 2.40. The third-order valence-electron chi connectivity index (χ3n) is 2.91. The second-order valence-corrected chi connectivity index (χ2v) is 4.85. The molecule has 108 valence electrons. The van der Waals surface area contributed by atoms with Crippen molar-refractivity contribution in [3.05, 3.63) is 41.1 Å². The van der Waals surface area contributed by atoms with E-state index in [-0.39, 0.29) is 11.8 Å². The fourth-order valence-corrected chi connectivity index (χ4v) is 2.03. The molecule has 2 aromatic rings. The summed E-state index contributed by atoms with van der Waals surface area (Å²) in [6.07, 6.45) is 0.548. The van der Waals surface area contributed by atoms with Crippen molar-refractivity contribution in [2.24, 2.45) is 12.8 Å². The molecule has 0 saturated heterocycles. The maximum Gasteiger partial charge on any atom is 0.221 e. The molecule has 20 heavy (non-hydrogen) atoms. The van der Waals surface area contributed by atoms with Crippen molar-refractivity contribution in [3.8, 4) is 11.6 Å². The highest BCUT2D eigenvalue weighted by Crippen LogP contribution is 2.30. The predicted octanol–water partition coefficient (Wildman–Crippen LogP) is 2.69. The molecule has 2 N–H and O–H groups in total. The monoisotopic (exact) mass is 281 g/mol. The average molecular weight is 281 g/mol.